The highest BCUT2D eigenvalue weighted by atomic mass is 16.5. The van der Waals surface area contributed by atoms with Crippen molar-refractivity contribution in [1.29, 1.82) is 0 Å². The summed E-state index contributed by atoms with van der Waals surface area (Å²) in [6.07, 6.45) is 7.60. The first-order valence-electron chi connectivity index (χ1n) is 6.67. The molecule has 1 aliphatic heterocycles. The molecule has 1 saturated carbocycles. The van der Waals surface area contributed by atoms with Crippen molar-refractivity contribution in [1.82, 2.24) is 10.3 Å². The first-order chi connectivity index (χ1) is 8.42. The Morgan fingerprint density at radius 3 is 2.82 bits per heavy atom. The van der Waals surface area contributed by atoms with E-state index in [2.05, 4.69) is 10.3 Å². The lowest BCUT2D eigenvalue weighted by molar-refractivity contribution is 0.0804. The number of rotatable bonds is 5. The van der Waals surface area contributed by atoms with Gasteiger partial charge in [0.2, 0.25) is 0 Å². The summed E-state index contributed by atoms with van der Waals surface area (Å²) in [5, 5.41) is 3.47. The molecule has 0 radical (unpaired) electrons. The summed E-state index contributed by atoms with van der Waals surface area (Å²) in [5.74, 6) is 2.44. The molecule has 0 unspecified atom stereocenters. The van der Waals surface area contributed by atoms with Crippen LogP contribution in [0, 0.1) is 0 Å². The van der Waals surface area contributed by atoms with Crippen molar-refractivity contribution in [2.24, 2.45) is 0 Å². The summed E-state index contributed by atoms with van der Waals surface area (Å²) < 4.78 is 11.2. The SMILES string of the molecule is c1nc(CCNC2CC2)oc1C1CCOCC1. The van der Waals surface area contributed by atoms with Gasteiger partial charge in [0, 0.05) is 38.1 Å². The molecule has 1 N–H and O–H groups in total. The minimum absolute atomic E-state index is 0.515. The van der Waals surface area contributed by atoms with Crippen LogP contribution in [0.1, 0.15) is 43.3 Å². The normalized spacial score (nSPS) is 21.9. The summed E-state index contributed by atoms with van der Waals surface area (Å²) in [6.45, 7) is 2.69. The van der Waals surface area contributed by atoms with Crippen LogP contribution in [-0.2, 0) is 11.2 Å². The molecule has 0 aromatic carbocycles. The first kappa shape index (κ1) is 11.2. The highest BCUT2D eigenvalue weighted by molar-refractivity contribution is 5.03. The van der Waals surface area contributed by atoms with Gasteiger partial charge in [0.25, 0.3) is 0 Å². The fraction of sp³-hybridized carbons (Fsp3) is 0.769. The number of hydrogen-bond donors (Lipinski definition) is 1. The molecule has 94 valence electrons. The topological polar surface area (TPSA) is 47.3 Å². The molecule has 0 atom stereocenters. The first-order valence-corrected chi connectivity index (χ1v) is 6.67. The maximum atomic E-state index is 5.82. The van der Waals surface area contributed by atoms with Crippen LogP contribution < -0.4 is 5.32 Å². The molecule has 4 heteroatoms. The number of hydrogen-bond acceptors (Lipinski definition) is 4. The Morgan fingerprint density at radius 1 is 1.24 bits per heavy atom. The molecule has 2 fully saturated rings. The Kier molecular flexibility index (Phi) is 3.43. The molecule has 1 aliphatic carbocycles. The number of nitrogens with one attached hydrogen (secondary N) is 1. The predicted molar refractivity (Wildman–Crippen MR) is 64.0 cm³/mol. The zero-order chi connectivity index (χ0) is 11.5. The summed E-state index contributed by atoms with van der Waals surface area (Å²) in [5.41, 5.74) is 0. The summed E-state index contributed by atoms with van der Waals surface area (Å²) in [6, 6.07) is 0.764. The van der Waals surface area contributed by atoms with Gasteiger partial charge in [-0.25, -0.2) is 4.98 Å². The van der Waals surface area contributed by atoms with E-state index < -0.39 is 0 Å². The lowest BCUT2D eigenvalue weighted by atomic mass is 9.98. The second-order valence-electron chi connectivity index (χ2n) is 5.02. The third kappa shape index (κ3) is 3.07. The summed E-state index contributed by atoms with van der Waals surface area (Å²) in [7, 11) is 0. The van der Waals surface area contributed by atoms with E-state index in [9.17, 15) is 0 Å². The number of nitrogens with zero attached hydrogens (tertiary/aromatic N) is 1. The molecule has 3 rings (SSSR count). The molecule has 4 nitrogen and oxygen atoms in total. The van der Waals surface area contributed by atoms with Crippen LogP contribution in [-0.4, -0.2) is 30.8 Å². The van der Waals surface area contributed by atoms with E-state index >= 15 is 0 Å². The van der Waals surface area contributed by atoms with Gasteiger partial charge in [0.05, 0.1) is 6.20 Å². The quantitative estimate of drug-likeness (QED) is 0.847. The van der Waals surface area contributed by atoms with E-state index in [0.717, 1.165) is 56.7 Å². The van der Waals surface area contributed by atoms with Crippen molar-refractivity contribution in [3.8, 4) is 0 Å². The average Bonchev–Trinajstić information content (AvgIpc) is 3.07. The monoisotopic (exact) mass is 236 g/mol. The van der Waals surface area contributed by atoms with Crippen LogP contribution >= 0.6 is 0 Å². The Hall–Kier alpha value is -0.870. The van der Waals surface area contributed by atoms with Crippen LogP contribution in [0.5, 0.6) is 0 Å². The zero-order valence-corrected chi connectivity index (χ0v) is 10.2. The third-order valence-electron chi connectivity index (χ3n) is 3.54. The van der Waals surface area contributed by atoms with Crippen molar-refractivity contribution in [3.63, 3.8) is 0 Å². The second kappa shape index (κ2) is 5.19. The molecule has 1 aromatic rings. The van der Waals surface area contributed by atoms with Crippen LogP contribution in [0.2, 0.25) is 0 Å². The van der Waals surface area contributed by atoms with Crippen LogP contribution in [0.15, 0.2) is 10.6 Å². The summed E-state index contributed by atoms with van der Waals surface area (Å²) >= 11 is 0. The van der Waals surface area contributed by atoms with Gasteiger partial charge >= 0.3 is 0 Å². The predicted octanol–water partition coefficient (Wildman–Crippen LogP) is 1.86. The fourth-order valence-electron chi connectivity index (χ4n) is 2.28. The fourth-order valence-corrected chi connectivity index (χ4v) is 2.28. The van der Waals surface area contributed by atoms with E-state index in [4.69, 9.17) is 9.15 Å². The van der Waals surface area contributed by atoms with Crippen LogP contribution in [0.25, 0.3) is 0 Å². The van der Waals surface area contributed by atoms with Gasteiger partial charge in [0.15, 0.2) is 5.89 Å². The smallest absolute Gasteiger partial charge is 0.195 e. The molecule has 2 heterocycles. The van der Waals surface area contributed by atoms with E-state index in [1.807, 2.05) is 6.20 Å². The third-order valence-corrected chi connectivity index (χ3v) is 3.54. The second-order valence-corrected chi connectivity index (χ2v) is 5.02. The molecule has 0 bridgehead atoms. The lowest BCUT2D eigenvalue weighted by Crippen LogP contribution is -2.19. The Labute approximate surface area is 102 Å². The summed E-state index contributed by atoms with van der Waals surface area (Å²) in [4.78, 5) is 4.36. The Balaban J connectivity index is 1.49. The van der Waals surface area contributed by atoms with Gasteiger partial charge in [-0.15, -0.1) is 0 Å². The number of oxazole rings is 1. The van der Waals surface area contributed by atoms with Crippen molar-refractivity contribution >= 4 is 0 Å². The molecule has 17 heavy (non-hydrogen) atoms. The van der Waals surface area contributed by atoms with Crippen molar-refractivity contribution in [3.05, 3.63) is 17.8 Å². The zero-order valence-electron chi connectivity index (χ0n) is 10.2. The highest BCUT2D eigenvalue weighted by Crippen LogP contribution is 2.27. The maximum Gasteiger partial charge on any atom is 0.195 e. The standard InChI is InChI=1S/C13H20N2O2/c1-2-11(1)14-6-3-13-15-9-12(17-13)10-4-7-16-8-5-10/h9-11,14H,1-8H2. The van der Waals surface area contributed by atoms with Gasteiger partial charge in [-0.1, -0.05) is 0 Å². The maximum absolute atomic E-state index is 5.82. The molecule has 1 saturated heterocycles. The number of aromatic nitrogens is 1. The molecular formula is C13H20N2O2. The Morgan fingerprint density at radius 2 is 2.06 bits per heavy atom. The number of ether oxygens (including phenoxy) is 1. The highest BCUT2D eigenvalue weighted by Gasteiger charge is 2.21. The van der Waals surface area contributed by atoms with Gasteiger partial charge in [-0.3, -0.25) is 0 Å². The molecule has 0 amide bonds. The van der Waals surface area contributed by atoms with Gasteiger partial charge in [-0.05, 0) is 25.7 Å². The molecular weight excluding hydrogens is 216 g/mol. The van der Waals surface area contributed by atoms with Gasteiger partial charge in [-0.2, -0.15) is 0 Å². The van der Waals surface area contributed by atoms with Crippen molar-refractivity contribution in [2.75, 3.05) is 19.8 Å². The van der Waals surface area contributed by atoms with E-state index in [0.29, 0.717) is 5.92 Å². The van der Waals surface area contributed by atoms with Crippen LogP contribution in [0.3, 0.4) is 0 Å². The van der Waals surface area contributed by atoms with E-state index in [-0.39, 0.29) is 0 Å². The van der Waals surface area contributed by atoms with E-state index in [1.165, 1.54) is 12.8 Å². The molecule has 0 spiro atoms. The average molecular weight is 236 g/mol. The lowest BCUT2D eigenvalue weighted by Gasteiger charge is -2.19. The minimum Gasteiger partial charge on any atom is -0.445 e. The van der Waals surface area contributed by atoms with Gasteiger partial charge in [0.1, 0.15) is 5.76 Å². The van der Waals surface area contributed by atoms with Crippen LogP contribution in [0.4, 0.5) is 0 Å². The van der Waals surface area contributed by atoms with Crippen molar-refractivity contribution < 1.29 is 9.15 Å². The molecule has 1 aromatic heterocycles. The van der Waals surface area contributed by atoms with Gasteiger partial charge < -0.3 is 14.5 Å². The Bertz CT molecular complexity index is 354. The van der Waals surface area contributed by atoms with E-state index in [1.54, 1.807) is 0 Å². The van der Waals surface area contributed by atoms with Crippen molar-refractivity contribution in [2.45, 2.75) is 44.1 Å². The minimum atomic E-state index is 0.515. The largest absolute Gasteiger partial charge is 0.445 e. The molecule has 2 aliphatic rings.